The topological polar surface area (TPSA) is 138 Å². The summed E-state index contributed by atoms with van der Waals surface area (Å²) in [7, 11) is -3.99. The van der Waals surface area contributed by atoms with Gasteiger partial charge >= 0.3 is 0 Å². The van der Waals surface area contributed by atoms with Gasteiger partial charge in [0.25, 0.3) is 0 Å². The van der Waals surface area contributed by atoms with Gasteiger partial charge in [-0.2, -0.15) is 4.72 Å². The molecule has 1 aliphatic rings. The third kappa shape index (κ3) is 5.69. The van der Waals surface area contributed by atoms with Crippen LogP contribution in [0.15, 0.2) is 24.4 Å². The van der Waals surface area contributed by atoms with E-state index in [-0.39, 0.29) is 28.9 Å². The number of imidazole rings is 1. The van der Waals surface area contributed by atoms with E-state index in [1.165, 1.54) is 26.1 Å². The van der Waals surface area contributed by atoms with Crippen LogP contribution in [-0.4, -0.2) is 59.0 Å². The molecule has 3 rings (SSSR count). The predicted octanol–water partition coefficient (Wildman–Crippen LogP) is 2.41. The maximum absolute atomic E-state index is 14.3. The number of piperidine rings is 1. The molecule has 2 aromatic rings. The molecule has 9 nitrogen and oxygen atoms in total. The molecule has 1 aromatic carbocycles. The average Bonchev–Trinajstić information content (AvgIpc) is 3.27. The van der Waals surface area contributed by atoms with Crippen molar-refractivity contribution in [1.82, 2.24) is 19.6 Å². The molecule has 3 atom stereocenters. The maximum Gasteiger partial charge on any atom is 0.240 e. The maximum atomic E-state index is 14.3. The fourth-order valence-corrected chi connectivity index (χ4v) is 5.47. The molecule has 0 saturated carbocycles. The van der Waals surface area contributed by atoms with Crippen molar-refractivity contribution in [2.45, 2.75) is 64.0 Å². The predicted molar refractivity (Wildman–Crippen MR) is 127 cm³/mol. The summed E-state index contributed by atoms with van der Waals surface area (Å²) in [6.45, 7) is 5.31. The van der Waals surface area contributed by atoms with Crippen molar-refractivity contribution in [3.05, 3.63) is 41.9 Å². The lowest BCUT2D eigenvalue weighted by Gasteiger charge is -2.39. The molecule has 0 bridgehead atoms. The summed E-state index contributed by atoms with van der Waals surface area (Å²) in [6.07, 6.45) is 3.36. The van der Waals surface area contributed by atoms with Crippen molar-refractivity contribution in [3.63, 3.8) is 0 Å². The second kappa shape index (κ2) is 10.4. The lowest BCUT2D eigenvalue weighted by Crippen LogP contribution is -2.63. The zero-order chi connectivity index (χ0) is 26.0. The number of rotatable bonds is 9. The molecule has 1 saturated heterocycles. The molecule has 1 fully saturated rings. The Morgan fingerprint density at radius 2 is 2.06 bits per heavy atom. The van der Waals surface area contributed by atoms with E-state index in [1.54, 1.807) is 4.90 Å². The number of nitrogens with two attached hydrogens (primary N) is 1. The number of hydrogen-bond acceptors (Lipinski definition) is 5. The van der Waals surface area contributed by atoms with Gasteiger partial charge in [-0.1, -0.05) is 6.92 Å². The molecular weight excluding hydrogens is 480 g/mol. The Labute approximate surface area is 203 Å². The molecule has 0 radical (unpaired) electrons. The van der Waals surface area contributed by atoms with E-state index in [0.29, 0.717) is 6.54 Å². The monoisotopic (exact) mass is 511 g/mol. The average molecular weight is 512 g/mol. The van der Waals surface area contributed by atoms with Crippen LogP contribution in [0.3, 0.4) is 0 Å². The fourth-order valence-electron chi connectivity index (χ4n) is 4.42. The number of carbonyl (C=O) groups excluding carboxylic acids is 2. The molecule has 0 aliphatic carbocycles. The molecule has 1 unspecified atom stereocenters. The standard InChI is InChI=1S/C23H31F2N5O4S/c1-4-35(33,34)29-23(22(26)32,12-20(31)30-10-6-5-7-14(30)2)15(3)21-27-13-19(28-21)17-9-8-16(24)11-18(17)25/h8-9,11,13-15,29H,4-7,10,12H2,1-3H3,(H2,26,32)(H,27,28)/t14-,15+,23?/m0/s1. The Morgan fingerprint density at radius 1 is 1.34 bits per heavy atom. The van der Waals surface area contributed by atoms with E-state index >= 15 is 0 Å². The van der Waals surface area contributed by atoms with Gasteiger partial charge in [0.05, 0.1) is 24.1 Å². The smallest absolute Gasteiger partial charge is 0.240 e. The van der Waals surface area contributed by atoms with Crippen molar-refractivity contribution in [3.8, 4) is 11.3 Å². The van der Waals surface area contributed by atoms with Gasteiger partial charge in [-0.3, -0.25) is 9.59 Å². The molecule has 1 aliphatic heterocycles. The molecule has 35 heavy (non-hydrogen) atoms. The second-order valence-corrected chi connectivity index (χ2v) is 11.0. The number of amides is 2. The Morgan fingerprint density at radius 3 is 2.66 bits per heavy atom. The summed E-state index contributed by atoms with van der Waals surface area (Å²) in [5.41, 5.74) is 3.96. The number of sulfonamides is 1. The van der Waals surface area contributed by atoms with Crippen molar-refractivity contribution in [1.29, 1.82) is 0 Å². The van der Waals surface area contributed by atoms with Gasteiger partial charge in [-0.05, 0) is 45.2 Å². The first-order chi connectivity index (χ1) is 16.4. The number of nitrogens with one attached hydrogen (secondary N) is 2. The molecule has 4 N–H and O–H groups in total. The van der Waals surface area contributed by atoms with Crippen molar-refractivity contribution in [2.75, 3.05) is 12.3 Å². The van der Waals surface area contributed by atoms with Crippen LogP contribution < -0.4 is 10.5 Å². The number of primary amides is 1. The number of nitrogens with zero attached hydrogens (tertiary/aromatic N) is 2. The molecule has 0 spiro atoms. The van der Waals surface area contributed by atoms with Gasteiger partial charge in [0.2, 0.25) is 21.8 Å². The van der Waals surface area contributed by atoms with Crippen LogP contribution in [0.25, 0.3) is 11.3 Å². The highest BCUT2D eigenvalue weighted by Gasteiger charge is 2.49. The fraction of sp³-hybridized carbons (Fsp3) is 0.522. The Bertz CT molecular complexity index is 1200. The zero-order valence-electron chi connectivity index (χ0n) is 20.0. The van der Waals surface area contributed by atoms with Crippen LogP contribution in [0, 0.1) is 11.6 Å². The first-order valence-electron chi connectivity index (χ1n) is 11.5. The van der Waals surface area contributed by atoms with E-state index in [1.807, 2.05) is 6.92 Å². The summed E-state index contributed by atoms with van der Waals surface area (Å²) in [5.74, 6) is -4.26. The summed E-state index contributed by atoms with van der Waals surface area (Å²) >= 11 is 0. The Balaban J connectivity index is 2.03. The quantitative estimate of drug-likeness (QED) is 0.475. The lowest BCUT2D eigenvalue weighted by atomic mass is 9.81. The highest BCUT2D eigenvalue weighted by Crippen LogP contribution is 2.34. The van der Waals surface area contributed by atoms with E-state index in [2.05, 4.69) is 14.7 Å². The van der Waals surface area contributed by atoms with Crippen LogP contribution in [0.1, 0.15) is 58.2 Å². The van der Waals surface area contributed by atoms with Crippen LogP contribution in [0.5, 0.6) is 0 Å². The van der Waals surface area contributed by atoms with Crippen molar-refractivity contribution < 1.29 is 26.8 Å². The number of likely N-dealkylation sites (tertiary alicyclic amines) is 1. The van der Waals surface area contributed by atoms with Crippen molar-refractivity contribution >= 4 is 21.8 Å². The number of carbonyl (C=O) groups is 2. The van der Waals surface area contributed by atoms with E-state index < -0.39 is 51.3 Å². The third-order valence-electron chi connectivity index (χ3n) is 6.68. The van der Waals surface area contributed by atoms with Crippen LogP contribution in [0.4, 0.5) is 8.78 Å². The molecule has 2 amide bonds. The Hall–Kier alpha value is -2.86. The number of aromatic nitrogens is 2. The summed E-state index contributed by atoms with van der Waals surface area (Å²) in [5, 5.41) is 0. The number of hydrogen-bond donors (Lipinski definition) is 3. The highest BCUT2D eigenvalue weighted by molar-refractivity contribution is 7.89. The minimum Gasteiger partial charge on any atom is -0.368 e. The molecule has 12 heteroatoms. The summed E-state index contributed by atoms with van der Waals surface area (Å²) < 4.78 is 55.2. The first-order valence-corrected chi connectivity index (χ1v) is 13.2. The molecule has 192 valence electrons. The number of H-pyrrole nitrogens is 1. The first kappa shape index (κ1) is 26.7. The van der Waals surface area contributed by atoms with Crippen LogP contribution in [-0.2, 0) is 19.6 Å². The summed E-state index contributed by atoms with van der Waals surface area (Å²) in [6, 6.07) is 2.98. The zero-order valence-corrected chi connectivity index (χ0v) is 20.8. The van der Waals surface area contributed by atoms with Gasteiger partial charge in [-0.15, -0.1) is 0 Å². The van der Waals surface area contributed by atoms with Crippen LogP contribution >= 0.6 is 0 Å². The number of aromatic amines is 1. The third-order valence-corrected chi connectivity index (χ3v) is 8.11. The second-order valence-electron chi connectivity index (χ2n) is 8.98. The van der Waals surface area contributed by atoms with E-state index in [4.69, 9.17) is 5.73 Å². The van der Waals surface area contributed by atoms with E-state index in [0.717, 1.165) is 31.4 Å². The number of halogens is 2. The minimum absolute atomic E-state index is 0.0365. The summed E-state index contributed by atoms with van der Waals surface area (Å²) in [4.78, 5) is 34.9. The SMILES string of the molecule is CCS(=O)(=O)NC(CC(=O)N1CCCC[C@@H]1C)(C(N)=O)[C@H](C)c1ncc(-c2ccc(F)cc2F)[nH]1. The lowest BCUT2D eigenvalue weighted by molar-refractivity contribution is -0.139. The largest absolute Gasteiger partial charge is 0.368 e. The molecule has 2 heterocycles. The number of benzene rings is 1. The van der Waals surface area contributed by atoms with Crippen molar-refractivity contribution in [2.24, 2.45) is 5.73 Å². The van der Waals surface area contributed by atoms with Gasteiger partial charge in [0.15, 0.2) is 0 Å². The minimum atomic E-state index is -3.99. The van der Waals surface area contributed by atoms with Gasteiger partial charge in [-0.25, -0.2) is 22.2 Å². The van der Waals surface area contributed by atoms with Gasteiger partial charge in [0, 0.05) is 30.1 Å². The molecular formula is C23H31F2N5O4S. The molecule has 1 aromatic heterocycles. The van der Waals surface area contributed by atoms with Gasteiger partial charge < -0.3 is 15.6 Å². The Kier molecular flexibility index (Phi) is 7.95. The van der Waals surface area contributed by atoms with Crippen LogP contribution in [0.2, 0.25) is 0 Å². The normalized spacial score (nSPS) is 19.2. The highest BCUT2D eigenvalue weighted by atomic mass is 32.2. The van der Waals surface area contributed by atoms with E-state index in [9.17, 15) is 26.8 Å². The van der Waals surface area contributed by atoms with Gasteiger partial charge in [0.1, 0.15) is 23.0 Å².